The topological polar surface area (TPSA) is 55.1 Å². The molecule has 0 aliphatic carbocycles. The summed E-state index contributed by atoms with van der Waals surface area (Å²) in [6, 6.07) is 5.41. The van der Waals surface area contributed by atoms with Crippen LogP contribution in [-0.4, -0.2) is 10.9 Å². The van der Waals surface area contributed by atoms with Crippen LogP contribution < -0.4 is 11.1 Å². The number of carbonyl (C=O) groups is 1. The minimum Gasteiger partial charge on any atom is -0.392 e. The minimum atomic E-state index is -0.900. The second kappa shape index (κ2) is 5.02. The number of benzene rings is 1. The van der Waals surface area contributed by atoms with Gasteiger partial charge in [-0.1, -0.05) is 29.9 Å². The number of hydrogen-bond acceptors (Lipinski definition) is 2. The zero-order valence-electron chi connectivity index (χ0n) is 10.0. The number of rotatable bonds is 3. The Balaban J connectivity index is 2.96. The first-order valence-corrected chi connectivity index (χ1v) is 5.91. The van der Waals surface area contributed by atoms with Crippen molar-refractivity contribution in [3.8, 4) is 0 Å². The Hall–Kier alpha value is -1.13. The molecule has 1 aromatic rings. The van der Waals surface area contributed by atoms with E-state index in [1.54, 1.807) is 26.0 Å². The van der Waals surface area contributed by atoms with Crippen LogP contribution in [0.15, 0.2) is 18.2 Å². The molecule has 0 aliphatic heterocycles. The Labute approximate surface area is 111 Å². The fraction of sp³-hybridized carbons (Fsp3) is 0.333. The lowest BCUT2D eigenvalue weighted by atomic mass is 9.92. The third-order valence-electron chi connectivity index (χ3n) is 2.55. The van der Waals surface area contributed by atoms with Crippen molar-refractivity contribution in [1.82, 2.24) is 0 Å². The van der Waals surface area contributed by atoms with E-state index in [9.17, 15) is 4.79 Å². The van der Waals surface area contributed by atoms with Gasteiger partial charge in [0.15, 0.2) is 0 Å². The summed E-state index contributed by atoms with van der Waals surface area (Å²) < 4.78 is 0. The van der Waals surface area contributed by atoms with Crippen LogP contribution in [0.5, 0.6) is 0 Å². The smallest absolute Gasteiger partial charge is 0.236 e. The van der Waals surface area contributed by atoms with E-state index < -0.39 is 5.41 Å². The predicted octanol–water partition coefficient (Wildman–Crippen LogP) is 2.90. The highest BCUT2D eigenvalue weighted by molar-refractivity contribution is 7.80. The molecule has 0 saturated carbocycles. The van der Waals surface area contributed by atoms with Crippen molar-refractivity contribution in [1.29, 1.82) is 0 Å². The molecule has 0 saturated heterocycles. The number of thiocarbonyl (C=S) groups is 1. The fourth-order valence-corrected chi connectivity index (χ4v) is 1.38. The highest BCUT2D eigenvalue weighted by atomic mass is 35.5. The van der Waals surface area contributed by atoms with Gasteiger partial charge in [-0.25, -0.2) is 0 Å². The molecule has 0 heterocycles. The van der Waals surface area contributed by atoms with Crippen LogP contribution in [0, 0.1) is 12.3 Å². The fourth-order valence-electron chi connectivity index (χ4n) is 1.13. The molecule has 0 fully saturated rings. The maximum Gasteiger partial charge on any atom is 0.236 e. The van der Waals surface area contributed by atoms with Gasteiger partial charge in [-0.3, -0.25) is 4.79 Å². The predicted molar refractivity (Wildman–Crippen MR) is 75.4 cm³/mol. The van der Waals surface area contributed by atoms with Gasteiger partial charge in [0.2, 0.25) is 5.91 Å². The molecule has 0 aliphatic rings. The van der Waals surface area contributed by atoms with Crippen molar-refractivity contribution in [2.75, 3.05) is 5.32 Å². The number of anilines is 1. The summed E-state index contributed by atoms with van der Waals surface area (Å²) >= 11 is 10.9. The zero-order chi connectivity index (χ0) is 13.2. The monoisotopic (exact) mass is 270 g/mol. The lowest BCUT2D eigenvalue weighted by Crippen LogP contribution is -2.41. The summed E-state index contributed by atoms with van der Waals surface area (Å²) in [5.41, 5.74) is 6.21. The van der Waals surface area contributed by atoms with Gasteiger partial charge >= 0.3 is 0 Å². The Bertz CT molecular complexity index is 472. The molecule has 1 amide bonds. The third-order valence-corrected chi connectivity index (χ3v) is 3.39. The van der Waals surface area contributed by atoms with Gasteiger partial charge in [-0.05, 0) is 38.5 Å². The summed E-state index contributed by atoms with van der Waals surface area (Å²) in [7, 11) is 0. The number of carbonyl (C=O) groups excluding carboxylic acids is 1. The van der Waals surface area contributed by atoms with Gasteiger partial charge in [0.25, 0.3) is 0 Å². The summed E-state index contributed by atoms with van der Waals surface area (Å²) in [6.07, 6.45) is 0. The summed E-state index contributed by atoms with van der Waals surface area (Å²) in [4.78, 5) is 12.2. The maximum atomic E-state index is 12.0. The molecule has 3 nitrogen and oxygen atoms in total. The van der Waals surface area contributed by atoms with Crippen LogP contribution in [0.1, 0.15) is 19.4 Å². The van der Waals surface area contributed by atoms with Gasteiger partial charge in [0.05, 0.1) is 21.1 Å². The highest BCUT2D eigenvalue weighted by Gasteiger charge is 2.31. The van der Waals surface area contributed by atoms with E-state index in [0.717, 1.165) is 5.56 Å². The van der Waals surface area contributed by atoms with Crippen molar-refractivity contribution in [2.24, 2.45) is 11.1 Å². The second-order valence-electron chi connectivity index (χ2n) is 4.43. The Morgan fingerprint density at radius 2 is 2.06 bits per heavy atom. The van der Waals surface area contributed by atoms with Crippen LogP contribution in [0.4, 0.5) is 5.69 Å². The molecule has 0 aromatic heterocycles. The molecule has 1 aromatic carbocycles. The molecule has 0 spiro atoms. The van der Waals surface area contributed by atoms with Crippen LogP contribution in [0.25, 0.3) is 0 Å². The molecule has 0 radical (unpaired) electrons. The Morgan fingerprint density at radius 1 is 1.47 bits per heavy atom. The summed E-state index contributed by atoms with van der Waals surface area (Å²) in [5.74, 6) is -0.266. The first kappa shape index (κ1) is 13.9. The molecule has 92 valence electrons. The number of amides is 1. The lowest BCUT2D eigenvalue weighted by molar-refractivity contribution is -0.121. The average molecular weight is 271 g/mol. The molecule has 0 atom stereocenters. The van der Waals surface area contributed by atoms with Gasteiger partial charge in [0.1, 0.15) is 0 Å². The molecule has 0 bridgehead atoms. The van der Waals surface area contributed by atoms with Gasteiger partial charge in [-0.2, -0.15) is 0 Å². The third kappa shape index (κ3) is 3.17. The molecule has 3 N–H and O–H groups in total. The Morgan fingerprint density at radius 3 is 2.59 bits per heavy atom. The van der Waals surface area contributed by atoms with E-state index in [4.69, 9.17) is 29.6 Å². The lowest BCUT2D eigenvalue weighted by Gasteiger charge is -2.22. The van der Waals surface area contributed by atoms with E-state index in [2.05, 4.69) is 5.32 Å². The highest BCUT2D eigenvalue weighted by Crippen LogP contribution is 2.25. The maximum absolute atomic E-state index is 12.0. The zero-order valence-corrected chi connectivity index (χ0v) is 11.6. The van der Waals surface area contributed by atoms with Crippen molar-refractivity contribution in [3.05, 3.63) is 28.8 Å². The average Bonchev–Trinajstić information content (AvgIpc) is 2.23. The number of nitrogens with two attached hydrogens (primary N) is 1. The van der Waals surface area contributed by atoms with Gasteiger partial charge in [0, 0.05) is 0 Å². The van der Waals surface area contributed by atoms with Gasteiger partial charge < -0.3 is 11.1 Å². The van der Waals surface area contributed by atoms with Crippen LogP contribution >= 0.6 is 23.8 Å². The van der Waals surface area contributed by atoms with Gasteiger partial charge in [-0.15, -0.1) is 0 Å². The van der Waals surface area contributed by atoms with Crippen LogP contribution in [-0.2, 0) is 4.79 Å². The van der Waals surface area contributed by atoms with Crippen molar-refractivity contribution >= 4 is 40.4 Å². The molecule has 1 rings (SSSR count). The van der Waals surface area contributed by atoms with Crippen LogP contribution in [0.2, 0.25) is 5.02 Å². The van der Waals surface area contributed by atoms with E-state index >= 15 is 0 Å². The number of hydrogen-bond donors (Lipinski definition) is 2. The van der Waals surface area contributed by atoms with E-state index in [0.29, 0.717) is 10.7 Å². The molecular formula is C12H15ClN2OS. The SMILES string of the molecule is Cc1ccc(Cl)c(NC(=O)C(C)(C)C(N)=S)c1. The Kier molecular flexibility index (Phi) is 4.11. The van der Waals surface area contributed by atoms with Crippen molar-refractivity contribution in [3.63, 3.8) is 0 Å². The van der Waals surface area contributed by atoms with Crippen molar-refractivity contribution < 1.29 is 4.79 Å². The van der Waals surface area contributed by atoms with E-state index in [-0.39, 0.29) is 10.9 Å². The largest absolute Gasteiger partial charge is 0.392 e. The molecule has 0 unspecified atom stereocenters. The molecule has 5 heteroatoms. The van der Waals surface area contributed by atoms with E-state index in [1.165, 1.54) is 0 Å². The molecule has 17 heavy (non-hydrogen) atoms. The minimum absolute atomic E-state index is 0.152. The second-order valence-corrected chi connectivity index (χ2v) is 5.27. The summed E-state index contributed by atoms with van der Waals surface area (Å²) in [5, 5.41) is 3.22. The van der Waals surface area contributed by atoms with E-state index in [1.807, 2.05) is 13.0 Å². The first-order valence-electron chi connectivity index (χ1n) is 5.12. The first-order chi connectivity index (χ1) is 7.75. The standard InChI is InChI=1S/C12H15ClN2OS/c1-7-4-5-8(13)9(6-7)15-11(16)12(2,3)10(14)17/h4-6H,1-3H3,(H2,14,17)(H,15,16). The molecular weight excluding hydrogens is 256 g/mol. The number of nitrogens with one attached hydrogen (secondary N) is 1. The quantitative estimate of drug-likeness (QED) is 0.831. The van der Waals surface area contributed by atoms with Crippen LogP contribution in [0.3, 0.4) is 0 Å². The normalized spacial score (nSPS) is 11.1. The number of aryl methyl sites for hydroxylation is 1. The number of halogens is 1. The van der Waals surface area contributed by atoms with Crippen molar-refractivity contribution in [2.45, 2.75) is 20.8 Å². The summed E-state index contributed by atoms with van der Waals surface area (Å²) in [6.45, 7) is 5.27.